The summed E-state index contributed by atoms with van der Waals surface area (Å²) in [4.78, 5) is 1.97. The molecule has 0 unspecified atom stereocenters. The van der Waals surface area contributed by atoms with E-state index in [2.05, 4.69) is 0 Å². The monoisotopic (exact) mass is 934 g/mol. The average Bonchev–Trinajstić information content (AvgIpc) is 1.32. The van der Waals surface area contributed by atoms with Gasteiger partial charge in [0.2, 0.25) is 0 Å². The highest BCUT2D eigenvalue weighted by atomic mass is 32.1. The second-order valence-corrected chi connectivity index (χ2v) is 16.6. The summed E-state index contributed by atoms with van der Waals surface area (Å²) in [7, 11) is 0. The molecule has 13 aromatic rings. The topological polar surface area (TPSA) is 27.8 Å². The third-order valence-corrected chi connectivity index (χ3v) is 13.2. The number of nitrogens with zero attached hydrogens (tertiary/aromatic N) is 4. The molecule has 69 heavy (non-hydrogen) atoms. The van der Waals surface area contributed by atoms with Gasteiger partial charge in [-0.05, 0) is 113 Å². The summed E-state index contributed by atoms with van der Waals surface area (Å²) in [5, 5.41) is -2.82. The minimum atomic E-state index is -2.25. The number of hydrogen-bond acceptors (Lipinski definition) is 5. The molecule has 0 atom stereocenters. The van der Waals surface area contributed by atoms with Crippen molar-refractivity contribution in [1.82, 2.24) is 4.57 Å². The smallest absolute Gasteiger partial charge is 0.297 e. The van der Waals surface area contributed by atoms with Gasteiger partial charge in [-0.2, -0.15) is 0 Å². The van der Waals surface area contributed by atoms with Crippen molar-refractivity contribution in [3.63, 3.8) is 0 Å². The Labute approximate surface area is 453 Å². The Morgan fingerprint density at radius 2 is 1.12 bits per heavy atom. The summed E-state index contributed by atoms with van der Waals surface area (Å²) in [6.07, 6.45) is 0. The van der Waals surface area contributed by atoms with E-state index in [9.17, 15) is 31.5 Å². The van der Waals surface area contributed by atoms with Crippen LogP contribution in [-0.2, 0) is 0 Å². The minimum absolute atomic E-state index is 0.269. The van der Waals surface area contributed by atoms with Crippen LogP contribution >= 0.6 is 11.3 Å². The Morgan fingerprint density at radius 1 is 0.449 bits per heavy atom. The number of thiophene rings is 1. The maximum atomic E-state index is 11.2. The van der Waals surface area contributed by atoms with Gasteiger partial charge < -0.3 is 23.7 Å². The van der Waals surface area contributed by atoms with Gasteiger partial charge in [0.25, 0.3) is 6.71 Å². The van der Waals surface area contributed by atoms with Crippen LogP contribution in [0.15, 0.2) is 228 Å². The summed E-state index contributed by atoms with van der Waals surface area (Å²) in [5.74, 6) is 0. The molecule has 3 aliphatic rings. The molecule has 0 radical (unpaired) electrons. The highest BCUT2D eigenvalue weighted by Gasteiger charge is 2.49. The fourth-order valence-electron chi connectivity index (χ4n) is 9.55. The number of para-hydroxylation sites is 5. The number of benzene rings is 10. The normalized spacial score (nSPS) is 20.6. The predicted molar refractivity (Wildman–Crippen MR) is 291 cm³/mol. The molecule has 0 bridgehead atoms. The van der Waals surface area contributed by atoms with Crippen LogP contribution in [0, 0.1) is 0 Å². The lowest BCUT2D eigenvalue weighted by Gasteiger charge is -2.45. The van der Waals surface area contributed by atoms with Gasteiger partial charge >= 0.3 is 0 Å². The van der Waals surface area contributed by atoms with Gasteiger partial charge in [-0.3, -0.25) is 0 Å². The number of aromatic nitrogens is 1. The molecule has 7 heteroatoms. The molecule has 0 amide bonds. The van der Waals surface area contributed by atoms with Crippen LogP contribution in [0.4, 0.5) is 51.2 Å². The Bertz CT molecular complexity index is 6390. The van der Waals surface area contributed by atoms with E-state index >= 15 is 0 Å². The first kappa shape index (κ1) is 16.8. The van der Waals surface area contributed by atoms with Gasteiger partial charge in [-0.1, -0.05) is 133 Å². The van der Waals surface area contributed by atoms with Crippen LogP contribution in [0.2, 0.25) is 0 Å². The Morgan fingerprint density at radius 3 is 1.93 bits per heavy atom. The molecule has 3 aromatic heterocycles. The van der Waals surface area contributed by atoms with Crippen LogP contribution in [0.1, 0.15) is 50.7 Å². The Kier molecular flexibility index (Phi) is 3.38. The van der Waals surface area contributed by atoms with Crippen molar-refractivity contribution < 1.29 is 55.1 Å². The SMILES string of the molecule is [2H]c1c([2H])c([2H])c(-c2c([2H])c([2H])c3oc4c(c3c2[2H])N(c2c([2H])c([2H])c3sc5c([2H])c([2H])c([2H])c([2H])c5c3c2[2H])c2c([2H])c(N(c3c([2H])c([2H])c([2H])c([2H])c3[2H])c3c([2H])c([2H])c([2H])c([2H])c3[2H])c([2H])c3c2B4c2c([2H])c([2H])c([2H])c4c2N3c2c([2H])c([2H])c([2H])c3c5c([2H])c([2H])c([2H])c([2H])c5n-4c23)c([2H])c1[2H]. The molecular weight excluding hydrogens is 860 g/mol. The van der Waals surface area contributed by atoms with Crippen molar-refractivity contribution in [2.24, 2.45) is 0 Å². The molecule has 320 valence electrons. The lowest BCUT2D eigenvalue weighted by atomic mass is 9.35. The quantitative estimate of drug-likeness (QED) is 0.161. The zero-order valence-corrected chi connectivity index (χ0v) is 35.0. The second-order valence-electron chi connectivity index (χ2n) is 15.6. The van der Waals surface area contributed by atoms with Gasteiger partial charge in [0.05, 0.1) is 95.8 Å². The van der Waals surface area contributed by atoms with Crippen molar-refractivity contribution in [2.45, 2.75) is 0 Å². The molecule has 0 fully saturated rings. The standard InChI is InChI=1S/C62H37BN4OS/c1-4-16-38(17-5-1)39-30-32-55-48(34-39)60-62(68-55)63-49-25-15-28-52-61(49)67(51-27-14-24-46-44-22-10-12-26-50(44)66(52)59(46)51)54-37-43(64(40-18-6-2-7-19-40)41-20-8-3-9-21-41)36-53(58(54)63)65(60)42-31-33-57-47(35-42)45-23-11-13-29-56(45)69-57/h1-37H/i1D,2D,3D,4D,5D,6D,7D,8D,9D,10D,11D,12D,13D,14D,15D,16D,17D,18D,19D,20D,21D,22D,23D,24D,25D,26D,27D,28D,29D,30D,31D,32D,33D,34D,35D,36D,37D. The van der Waals surface area contributed by atoms with Crippen molar-refractivity contribution in [1.29, 1.82) is 0 Å². The van der Waals surface area contributed by atoms with E-state index in [0.717, 1.165) is 14.4 Å². The molecule has 10 aromatic carbocycles. The molecule has 0 saturated carbocycles. The fourth-order valence-corrected chi connectivity index (χ4v) is 10.5. The second kappa shape index (κ2) is 13.9. The molecular formula is C62H37BN4OS. The van der Waals surface area contributed by atoms with Crippen molar-refractivity contribution >= 4 is 139 Å². The third-order valence-electron chi connectivity index (χ3n) is 12.2. The maximum absolute atomic E-state index is 11.2. The molecule has 0 N–H and O–H groups in total. The van der Waals surface area contributed by atoms with Crippen LogP contribution in [0.5, 0.6) is 0 Å². The minimum Gasteiger partial charge on any atom is -0.468 e. The number of fused-ring (bicyclic) bond motifs is 14. The van der Waals surface area contributed by atoms with Gasteiger partial charge in [0, 0.05) is 64.8 Å². The highest BCUT2D eigenvalue weighted by Crippen LogP contribution is 2.55. The molecule has 16 rings (SSSR count). The van der Waals surface area contributed by atoms with E-state index in [1.807, 2.05) is 0 Å². The Balaban J connectivity index is 1.24. The molecule has 0 spiro atoms. The van der Waals surface area contributed by atoms with Gasteiger partial charge in [-0.15, -0.1) is 11.3 Å². The largest absolute Gasteiger partial charge is 0.468 e. The Hall–Kier alpha value is -8.78. The van der Waals surface area contributed by atoms with Gasteiger partial charge in [0.15, 0.2) is 0 Å². The van der Waals surface area contributed by atoms with E-state index in [0.29, 0.717) is 16.2 Å². The first-order valence-electron chi connectivity index (χ1n) is 39.1. The average molecular weight is 934 g/mol. The number of hydrogen-bond donors (Lipinski definition) is 0. The molecule has 0 saturated heterocycles. The first-order chi connectivity index (χ1) is 49.7. The van der Waals surface area contributed by atoms with E-state index in [1.165, 1.54) is 0 Å². The lowest BCUT2D eigenvalue weighted by Crippen LogP contribution is -2.61. The van der Waals surface area contributed by atoms with E-state index in [4.69, 9.17) is 23.6 Å². The van der Waals surface area contributed by atoms with E-state index in [1.54, 1.807) is 0 Å². The highest BCUT2D eigenvalue weighted by molar-refractivity contribution is 7.25. The zero-order valence-electron chi connectivity index (χ0n) is 71.2. The van der Waals surface area contributed by atoms with E-state index in [-0.39, 0.29) is 9.40 Å². The summed E-state index contributed by atoms with van der Waals surface area (Å²) in [6.45, 7) is -2.25. The molecule has 0 aliphatic carbocycles. The zero-order chi connectivity index (χ0) is 77.1. The summed E-state index contributed by atoms with van der Waals surface area (Å²) in [5.41, 5.74) is -15.2. The van der Waals surface area contributed by atoms with Crippen molar-refractivity contribution in [3.05, 3.63) is 224 Å². The third kappa shape index (κ3) is 5.09. The lowest BCUT2D eigenvalue weighted by molar-refractivity contribution is 0.651. The summed E-state index contributed by atoms with van der Waals surface area (Å²) in [6, 6.07) is -38.3. The first-order valence-corrected chi connectivity index (χ1v) is 21.4. The van der Waals surface area contributed by atoms with Gasteiger partial charge in [-0.25, -0.2) is 0 Å². The molecule has 6 heterocycles. The van der Waals surface area contributed by atoms with Crippen molar-refractivity contribution in [2.75, 3.05) is 14.7 Å². The van der Waals surface area contributed by atoms with Crippen molar-refractivity contribution in [3.8, 4) is 16.8 Å². The number of anilines is 9. The van der Waals surface area contributed by atoms with Crippen LogP contribution in [0.25, 0.3) is 69.8 Å². The van der Waals surface area contributed by atoms with Gasteiger partial charge in [0.1, 0.15) is 5.58 Å². The predicted octanol–water partition coefficient (Wildman–Crippen LogP) is 15.4. The van der Waals surface area contributed by atoms with Crippen LogP contribution in [-0.4, -0.2) is 11.3 Å². The summed E-state index contributed by atoms with van der Waals surface area (Å²) >= 11 is 0.553. The molecule has 3 aliphatic heterocycles. The summed E-state index contributed by atoms with van der Waals surface area (Å²) < 4.78 is 359. The fraction of sp³-hybridized carbons (Fsp3) is 0. The maximum Gasteiger partial charge on any atom is 0.297 e. The molecule has 5 nitrogen and oxygen atoms in total. The van der Waals surface area contributed by atoms with E-state index < -0.39 is 358 Å². The van der Waals surface area contributed by atoms with Crippen LogP contribution < -0.4 is 31.3 Å². The number of rotatable bonds is 5. The number of furan rings is 1. The van der Waals surface area contributed by atoms with Crippen LogP contribution in [0.3, 0.4) is 0 Å².